The lowest BCUT2D eigenvalue weighted by molar-refractivity contribution is -0.149. The molecule has 3 heterocycles. The fraction of sp³-hybridized carbons (Fsp3) is 0.444. The predicted octanol–water partition coefficient (Wildman–Crippen LogP) is 1.71. The van der Waals surface area contributed by atoms with E-state index >= 15 is 0 Å². The van der Waals surface area contributed by atoms with Gasteiger partial charge in [-0.1, -0.05) is 37.3 Å². The van der Waals surface area contributed by atoms with E-state index in [1.807, 2.05) is 36.4 Å². The summed E-state index contributed by atoms with van der Waals surface area (Å²) in [5, 5.41) is 0. The average molecular weight is 313 g/mol. The van der Waals surface area contributed by atoms with E-state index in [1.54, 1.807) is 4.90 Å². The average Bonchev–Trinajstić information content (AvgIpc) is 3.22. The number of hydrogen-bond donors (Lipinski definition) is 0. The van der Waals surface area contributed by atoms with Gasteiger partial charge in [-0.25, -0.2) is 0 Å². The molecule has 5 nitrogen and oxygen atoms in total. The monoisotopic (exact) mass is 313 g/mol. The van der Waals surface area contributed by atoms with E-state index < -0.39 is 17.4 Å². The third-order valence-corrected chi connectivity index (χ3v) is 5.24. The summed E-state index contributed by atoms with van der Waals surface area (Å²) in [7, 11) is 1.36. The van der Waals surface area contributed by atoms with E-state index in [1.165, 1.54) is 7.11 Å². The van der Waals surface area contributed by atoms with Gasteiger partial charge in [0.05, 0.1) is 25.7 Å². The van der Waals surface area contributed by atoms with Crippen LogP contribution in [0.15, 0.2) is 36.4 Å². The second kappa shape index (κ2) is 4.93. The highest BCUT2D eigenvalue weighted by Crippen LogP contribution is 2.53. The molecule has 0 aliphatic carbocycles. The van der Waals surface area contributed by atoms with Gasteiger partial charge in [-0.15, -0.1) is 0 Å². The van der Waals surface area contributed by atoms with Crippen LogP contribution in [0.1, 0.15) is 12.5 Å². The van der Waals surface area contributed by atoms with Crippen molar-refractivity contribution in [3.8, 4) is 0 Å². The lowest BCUT2D eigenvalue weighted by atomic mass is 9.77. The standard InChI is InChI=1S/C18H19NO4/c1-3-11-6-4-5-7-12(11)19-10-18-9-8-13(23-18)14(17(21)22-2)15(18)16(19)20/h4-9,13-15H,3,10H2,1-2H3/t13-,14?,15+,18-/m1/s1. The van der Waals surface area contributed by atoms with Crippen molar-refractivity contribution >= 4 is 17.6 Å². The van der Waals surface area contributed by atoms with Crippen LogP contribution in [0, 0.1) is 11.8 Å². The first-order valence-electron chi connectivity index (χ1n) is 7.95. The maximum atomic E-state index is 13.1. The number of nitrogens with zero attached hydrogens (tertiary/aromatic N) is 1. The Balaban J connectivity index is 1.75. The van der Waals surface area contributed by atoms with Gasteiger partial charge in [-0.3, -0.25) is 9.59 Å². The van der Waals surface area contributed by atoms with Crippen molar-refractivity contribution in [3.05, 3.63) is 42.0 Å². The molecule has 2 fully saturated rings. The topological polar surface area (TPSA) is 55.8 Å². The molecule has 0 N–H and O–H groups in total. The molecule has 0 saturated carbocycles. The molecular weight excluding hydrogens is 294 g/mol. The van der Waals surface area contributed by atoms with Crippen LogP contribution in [0.4, 0.5) is 5.69 Å². The van der Waals surface area contributed by atoms with Crippen molar-refractivity contribution in [2.45, 2.75) is 25.0 Å². The van der Waals surface area contributed by atoms with Crippen molar-refractivity contribution in [3.63, 3.8) is 0 Å². The Morgan fingerprint density at radius 2 is 2.22 bits per heavy atom. The number of methoxy groups -OCH3 is 1. The van der Waals surface area contributed by atoms with Gasteiger partial charge in [-0.2, -0.15) is 0 Å². The number of carbonyl (C=O) groups is 2. The minimum Gasteiger partial charge on any atom is -0.469 e. The SMILES string of the molecule is CCc1ccccc1N1C[C@@]23C=C[C@@H](O2)C(C(=O)OC)[C@H]3C1=O. The van der Waals surface area contributed by atoms with Gasteiger partial charge >= 0.3 is 5.97 Å². The van der Waals surface area contributed by atoms with Gasteiger partial charge in [0.15, 0.2) is 0 Å². The summed E-state index contributed by atoms with van der Waals surface area (Å²) in [4.78, 5) is 27.0. The highest BCUT2D eigenvalue weighted by atomic mass is 16.5. The van der Waals surface area contributed by atoms with Crippen LogP contribution in [0.2, 0.25) is 0 Å². The molecule has 0 aromatic heterocycles. The molecule has 2 saturated heterocycles. The molecule has 0 radical (unpaired) electrons. The molecule has 3 aliphatic heterocycles. The maximum absolute atomic E-state index is 13.1. The van der Waals surface area contributed by atoms with Crippen molar-refractivity contribution in [1.29, 1.82) is 0 Å². The highest BCUT2D eigenvalue weighted by Gasteiger charge is 2.67. The van der Waals surface area contributed by atoms with Crippen LogP contribution in [-0.4, -0.2) is 37.2 Å². The molecule has 2 bridgehead atoms. The van der Waals surface area contributed by atoms with Crippen LogP contribution in [0.5, 0.6) is 0 Å². The van der Waals surface area contributed by atoms with E-state index in [0.29, 0.717) is 6.54 Å². The Kier molecular flexibility index (Phi) is 3.10. The number of aryl methyl sites for hydroxylation is 1. The first-order chi connectivity index (χ1) is 11.1. The summed E-state index contributed by atoms with van der Waals surface area (Å²) in [5.41, 5.74) is 1.33. The molecular formula is C18H19NO4. The molecule has 4 atom stereocenters. The van der Waals surface area contributed by atoms with Gasteiger partial charge in [0.25, 0.3) is 0 Å². The zero-order valence-corrected chi connectivity index (χ0v) is 13.2. The summed E-state index contributed by atoms with van der Waals surface area (Å²) >= 11 is 0. The molecule has 1 aromatic rings. The van der Waals surface area contributed by atoms with Crippen LogP contribution in [0.25, 0.3) is 0 Å². The van der Waals surface area contributed by atoms with Gasteiger partial charge in [-0.05, 0) is 18.1 Å². The number of rotatable bonds is 3. The Labute approximate surface area is 134 Å². The quantitative estimate of drug-likeness (QED) is 0.630. The largest absolute Gasteiger partial charge is 0.469 e. The van der Waals surface area contributed by atoms with E-state index in [0.717, 1.165) is 17.7 Å². The smallest absolute Gasteiger partial charge is 0.312 e. The number of anilines is 1. The highest BCUT2D eigenvalue weighted by molar-refractivity contribution is 6.03. The lowest BCUT2D eigenvalue weighted by Crippen LogP contribution is -2.39. The first kappa shape index (κ1) is 14.5. The normalized spacial score (nSPS) is 34.1. The number of esters is 1. The maximum Gasteiger partial charge on any atom is 0.312 e. The molecule has 23 heavy (non-hydrogen) atoms. The zero-order chi connectivity index (χ0) is 16.2. The summed E-state index contributed by atoms with van der Waals surface area (Å²) < 4.78 is 10.9. The number of fused-ring (bicyclic) bond motifs is 1. The number of benzene rings is 1. The van der Waals surface area contributed by atoms with Crippen LogP contribution in [0.3, 0.4) is 0 Å². The summed E-state index contributed by atoms with van der Waals surface area (Å²) in [6.45, 7) is 2.52. The Morgan fingerprint density at radius 1 is 1.43 bits per heavy atom. The van der Waals surface area contributed by atoms with E-state index in [2.05, 4.69) is 6.92 Å². The van der Waals surface area contributed by atoms with Crippen molar-refractivity contribution < 1.29 is 19.1 Å². The summed E-state index contributed by atoms with van der Waals surface area (Å²) in [6, 6.07) is 7.89. The molecule has 4 rings (SSSR count). The number of carbonyl (C=O) groups excluding carboxylic acids is 2. The van der Waals surface area contributed by atoms with Crippen molar-refractivity contribution in [1.82, 2.24) is 0 Å². The predicted molar refractivity (Wildman–Crippen MR) is 83.9 cm³/mol. The lowest BCUT2D eigenvalue weighted by Gasteiger charge is -2.23. The van der Waals surface area contributed by atoms with E-state index in [4.69, 9.17) is 9.47 Å². The number of ether oxygens (including phenoxy) is 2. The van der Waals surface area contributed by atoms with Crippen LogP contribution in [-0.2, 0) is 25.5 Å². The second-order valence-electron chi connectivity index (χ2n) is 6.33. The fourth-order valence-corrected chi connectivity index (χ4v) is 4.18. The third-order valence-electron chi connectivity index (χ3n) is 5.24. The summed E-state index contributed by atoms with van der Waals surface area (Å²) in [5.74, 6) is -1.45. The van der Waals surface area contributed by atoms with Gasteiger partial charge < -0.3 is 14.4 Å². The number of para-hydroxylation sites is 1. The number of amides is 1. The molecule has 3 aliphatic rings. The van der Waals surface area contributed by atoms with Crippen molar-refractivity contribution in [2.75, 3.05) is 18.6 Å². The molecule has 1 amide bonds. The number of hydrogen-bond acceptors (Lipinski definition) is 4. The van der Waals surface area contributed by atoms with Gasteiger partial charge in [0.2, 0.25) is 5.91 Å². The van der Waals surface area contributed by atoms with E-state index in [9.17, 15) is 9.59 Å². The first-order valence-corrected chi connectivity index (χ1v) is 7.95. The van der Waals surface area contributed by atoms with Gasteiger partial charge in [0.1, 0.15) is 11.5 Å². The Morgan fingerprint density at radius 3 is 2.96 bits per heavy atom. The minimum absolute atomic E-state index is 0.0480. The molecule has 1 spiro atoms. The Hall–Kier alpha value is -2.14. The fourth-order valence-electron chi connectivity index (χ4n) is 4.18. The van der Waals surface area contributed by atoms with Gasteiger partial charge in [0, 0.05) is 5.69 Å². The zero-order valence-electron chi connectivity index (χ0n) is 13.2. The third kappa shape index (κ3) is 1.83. The molecule has 1 unspecified atom stereocenters. The summed E-state index contributed by atoms with van der Waals surface area (Å²) in [6.07, 6.45) is 4.34. The second-order valence-corrected chi connectivity index (χ2v) is 6.33. The van der Waals surface area contributed by atoms with Crippen LogP contribution < -0.4 is 4.90 Å². The van der Waals surface area contributed by atoms with Crippen LogP contribution >= 0.6 is 0 Å². The molecule has 1 aromatic carbocycles. The van der Waals surface area contributed by atoms with Crippen molar-refractivity contribution in [2.24, 2.45) is 11.8 Å². The van der Waals surface area contributed by atoms with E-state index in [-0.39, 0.29) is 18.0 Å². The molecule has 5 heteroatoms. The Bertz CT molecular complexity index is 713. The minimum atomic E-state index is -0.693. The molecule has 120 valence electrons.